The lowest BCUT2D eigenvalue weighted by atomic mass is 10.2. The fourth-order valence-electron chi connectivity index (χ4n) is 1.49. The monoisotopic (exact) mass is 242 g/mol. The molecular weight excluding hydrogens is 228 g/mol. The third kappa shape index (κ3) is 2.87. The van der Waals surface area contributed by atoms with E-state index in [-0.39, 0.29) is 5.91 Å². The molecule has 1 aliphatic heterocycles. The number of thioether (sulfide) groups is 1. The third-order valence-corrected chi connectivity index (χ3v) is 2.94. The van der Waals surface area contributed by atoms with Crippen LogP contribution in [0.15, 0.2) is 4.99 Å². The van der Waals surface area contributed by atoms with Crippen LogP contribution in [0.3, 0.4) is 0 Å². The molecule has 0 aromatic heterocycles. The number of rotatable bonds is 1. The normalized spacial score (nSPS) is 21.4. The van der Waals surface area contributed by atoms with Crippen LogP contribution in [-0.2, 0) is 9.53 Å². The summed E-state index contributed by atoms with van der Waals surface area (Å²) in [6.45, 7) is 1.43. The van der Waals surface area contributed by atoms with Crippen LogP contribution in [0.1, 0.15) is 0 Å². The molecule has 1 heterocycles. The van der Waals surface area contributed by atoms with Gasteiger partial charge in [0.25, 0.3) is 0 Å². The van der Waals surface area contributed by atoms with E-state index in [0.717, 1.165) is 0 Å². The topological polar surface area (TPSA) is 77.7 Å². The van der Waals surface area contributed by atoms with E-state index in [1.807, 2.05) is 6.26 Å². The number of likely N-dealkylation sites (N-methyl/N-ethyl adjacent to an activating group) is 1. The van der Waals surface area contributed by atoms with E-state index in [2.05, 4.69) is 10.3 Å². The molecular formula is C9H14N4O2S. The molecule has 0 aromatic rings. The van der Waals surface area contributed by atoms with Crippen LogP contribution in [0.25, 0.3) is 0 Å². The molecule has 1 fully saturated rings. The number of amides is 1. The lowest BCUT2D eigenvalue weighted by molar-refractivity contribution is -0.129. The lowest BCUT2D eigenvalue weighted by Crippen LogP contribution is -2.54. The molecule has 1 rings (SSSR count). The summed E-state index contributed by atoms with van der Waals surface area (Å²) in [7, 11) is 1.58. The zero-order valence-electron chi connectivity index (χ0n) is 9.27. The van der Waals surface area contributed by atoms with Gasteiger partial charge in [-0.2, -0.15) is 5.26 Å². The maximum absolute atomic E-state index is 11.6. The molecule has 0 saturated carbocycles. The summed E-state index contributed by atoms with van der Waals surface area (Å²) in [5.74, 6) is -0.126. The van der Waals surface area contributed by atoms with Crippen molar-refractivity contribution in [1.82, 2.24) is 10.2 Å². The van der Waals surface area contributed by atoms with Gasteiger partial charge in [-0.1, -0.05) is 11.8 Å². The van der Waals surface area contributed by atoms with Crippen LogP contribution in [0.2, 0.25) is 0 Å². The van der Waals surface area contributed by atoms with Crippen LogP contribution in [0.4, 0.5) is 0 Å². The first-order valence-corrected chi connectivity index (χ1v) is 6.03. The largest absolute Gasteiger partial charge is 0.377 e. The highest BCUT2D eigenvalue weighted by Gasteiger charge is 2.30. The van der Waals surface area contributed by atoms with Gasteiger partial charge in [-0.15, -0.1) is 4.99 Å². The van der Waals surface area contributed by atoms with Gasteiger partial charge in [-0.3, -0.25) is 4.79 Å². The molecule has 0 aliphatic carbocycles. The predicted octanol–water partition coefficient (Wildman–Crippen LogP) is -0.367. The fourth-order valence-corrected chi connectivity index (χ4v) is 2.07. The Balaban J connectivity index is 2.85. The fraction of sp³-hybridized carbons (Fsp3) is 0.667. The molecule has 1 aliphatic rings. The zero-order chi connectivity index (χ0) is 12.0. The Morgan fingerprint density at radius 1 is 1.75 bits per heavy atom. The molecule has 0 bridgehead atoms. The first-order valence-electron chi connectivity index (χ1n) is 4.81. The minimum Gasteiger partial charge on any atom is -0.377 e. The van der Waals surface area contributed by atoms with Gasteiger partial charge in [-0.25, -0.2) is 0 Å². The molecule has 7 heteroatoms. The summed E-state index contributed by atoms with van der Waals surface area (Å²) in [5.41, 5.74) is 0. The van der Waals surface area contributed by atoms with E-state index in [4.69, 9.17) is 10.00 Å². The lowest BCUT2D eigenvalue weighted by Gasteiger charge is -2.35. The average Bonchev–Trinajstić information content (AvgIpc) is 2.35. The molecule has 1 N–H and O–H groups in total. The first-order chi connectivity index (χ1) is 7.74. The van der Waals surface area contributed by atoms with Crippen molar-refractivity contribution in [3.05, 3.63) is 0 Å². The number of nitrogens with one attached hydrogen (secondary N) is 1. The highest BCUT2D eigenvalue weighted by molar-refractivity contribution is 8.13. The van der Waals surface area contributed by atoms with Crippen molar-refractivity contribution in [2.75, 3.05) is 33.1 Å². The van der Waals surface area contributed by atoms with Crippen LogP contribution < -0.4 is 5.32 Å². The van der Waals surface area contributed by atoms with E-state index >= 15 is 0 Å². The summed E-state index contributed by atoms with van der Waals surface area (Å²) < 4.78 is 5.26. The molecule has 6 nitrogen and oxygen atoms in total. The summed E-state index contributed by atoms with van der Waals surface area (Å²) in [6, 6.07) is -0.404. The number of hydrogen-bond donors (Lipinski definition) is 1. The van der Waals surface area contributed by atoms with Crippen molar-refractivity contribution in [3.8, 4) is 6.19 Å². The molecule has 1 atom stereocenters. The molecule has 0 radical (unpaired) electrons. The Morgan fingerprint density at radius 2 is 2.50 bits per heavy atom. The number of amidine groups is 1. The van der Waals surface area contributed by atoms with Crippen LogP contribution in [0, 0.1) is 11.5 Å². The molecule has 1 amide bonds. The average molecular weight is 242 g/mol. The van der Waals surface area contributed by atoms with Crippen LogP contribution in [-0.4, -0.2) is 55.1 Å². The van der Waals surface area contributed by atoms with Crippen LogP contribution >= 0.6 is 11.8 Å². The smallest absolute Gasteiger partial charge is 0.244 e. The maximum Gasteiger partial charge on any atom is 0.244 e. The van der Waals surface area contributed by atoms with E-state index in [9.17, 15) is 4.79 Å². The minimum atomic E-state index is -0.404. The van der Waals surface area contributed by atoms with Crippen LogP contribution in [0.5, 0.6) is 0 Å². The Bertz CT molecular complexity index is 326. The van der Waals surface area contributed by atoms with Crippen molar-refractivity contribution < 1.29 is 9.53 Å². The second-order valence-corrected chi connectivity index (χ2v) is 3.87. The van der Waals surface area contributed by atoms with E-state index < -0.39 is 6.04 Å². The van der Waals surface area contributed by atoms with Gasteiger partial charge in [0.05, 0.1) is 13.2 Å². The number of morpholine rings is 1. The van der Waals surface area contributed by atoms with Gasteiger partial charge in [0.1, 0.15) is 6.04 Å². The SMILES string of the molecule is CNC(=O)C1COCCN1C(=NC#N)SC. The number of ether oxygens (including phenoxy) is 1. The molecule has 16 heavy (non-hydrogen) atoms. The Morgan fingerprint density at radius 3 is 3.06 bits per heavy atom. The Labute approximate surface area is 98.6 Å². The van der Waals surface area contributed by atoms with E-state index in [0.29, 0.717) is 24.9 Å². The molecule has 0 spiro atoms. The van der Waals surface area contributed by atoms with Gasteiger partial charge in [0.2, 0.25) is 12.1 Å². The van der Waals surface area contributed by atoms with Gasteiger partial charge >= 0.3 is 0 Å². The third-order valence-electron chi connectivity index (χ3n) is 2.25. The number of hydrogen-bond acceptors (Lipinski definition) is 5. The quantitative estimate of drug-likeness (QED) is 0.386. The van der Waals surface area contributed by atoms with Gasteiger partial charge in [0.15, 0.2) is 5.17 Å². The van der Waals surface area contributed by atoms with Gasteiger partial charge in [-0.05, 0) is 6.26 Å². The molecule has 1 unspecified atom stereocenters. The molecule has 0 aromatic carbocycles. The molecule has 88 valence electrons. The highest BCUT2D eigenvalue weighted by atomic mass is 32.2. The Kier molecular flexibility index (Phi) is 5.08. The van der Waals surface area contributed by atoms with Gasteiger partial charge < -0.3 is 15.0 Å². The Hall–Kier alpha value is -1.26. The number of carbonyl (C=O) groups is 1. The van der Waals surface area contributed by atoms with Crippen molar-refractivity contribution in [2.24, 2.45) is 4.99 Å². The highest BCUT2D eigenvalue weighted by Crippen LogP contribution is 2.14. The van der Waals surface area contributed by atoms with Crippen molar-refractivity contribution in [2.45, 2.75) is 6.04 Å². The first kappa shape index (κ1) is 12.8. The maximum atomic E-state index is 11.6. The number of aliphatic imine (C=N–C) groups is 1. The van der Waals surface area contributed by atoms with Crippen molar-refractivity contribution in [3.63, 3.8) is 0 Å². The van der Waals surface area contributed by atoms with Crippen molar-refractivity contribution >= 4 is 22.8 Å². The van der Waals surface area contributed by atoms with Gasteiger partial charge in [0, 0.05) is 13.6 Å². The van der Waals surface area contributed by atoms with E-state index in [1.54, 1.807) is 18.1 Å². The standard InChI is InChI=1S/C9H14N4O2S/c1-11-8(14)7-5-15-4-3-13(7)9(16-2)12-6-10/h7H,3-5H2,1-2H3,(H,11,14). The number of nitrogens with zero attached hydrogens (tertiary/aromatic N) is 3. The second-order valence-electron chi connectivity index (χ2n) is 3.10. The second kappa shape index (κ2) is 6.35. The number of carbonyl (C=O) groups excluding carboxylic acids is 1. The molecule has 1 saturated heterocycles. The summed E-state index contributed by atoms with van der Waals surface area (Å²) in [6.07, 6.45) is 3.57. The van der Waals surface area contributed by atoms with Crippen molar-refractivity contribution in [1.29, 1.82) is 5.26 Å². The summed E-state index contributed by atoms with van der Waals surface area (Å²) in [4.78, 5) is 17.1. The summed E-state index contributed by atoms with van der Waals surface area (Å²) in [5, 5.41) is 11.7. The predicted molar refractivity (Wildman–Crippen MR) is 61.9 cm³/mol. The number of nitriles is 1. The van der Waals surface area contributed by atoms with E-state index in [1.165, 1.54) is 11.8 Å². The zero-order valence-corrected chi connectivity index (χ0v) is 10.1. The summed E-state index contributed by atoms with van der Waals surface area (Å²) >= 11 is 1.35. The minimum absolute atomic E-state index is 0.126.